The number of hydrogen-bond donors (Lipinski definition) is 4. The molecule has 2 aliphatic heterocycles. The van der Waals surface area contributed by atoms with Crippen LogP contribution in [0.5, 0.6) is 0 Å². The number of hydrogen-bond acceptors (Lipinski definition) is 11. The van der Waals surface area contributed by atoms with Crippen LogP contribution in [0.25, 0.3) is 11.0 Å². The molecule has 0 aliphatic carbocycles. The summed E-state index contributed by atoms with van der Waals surface area (Å²) in [7, 11) is 0. The average Bonchev–Trinajstić information content (AvgIpc) is 3.47. The second kappa shape index (κ2) is 12.4. The zero-order chi connectivity index (χ0) is 29.9. The number of aliphatic hydroxyl groups excluding tert-OH is 1. The van der Waals surface area contributed by atoms with Gasteiger partial charge in [0.05, 0.1) is 12.8 Å². The molecule has 222 valence electrons. The van der Waals surface area contributed by atoms with Crippen LogP contribution in [-0.2, 0) is 4.74 Å². The lowest BCUT2D eigenvalue weighted by molar-refractivity contribution is 0.0977. The van der Waals surface area contributed by atoms with Crippen LogP contribution in [0.1, 0.15) is 43.1 Å². The Morgan fingerprint density at radius 3 is 2.69 bits per heavy atom. The topological polar surface area (TPSA) is 152 Å². The van der Waals surface area contributed by atoms with E-state index in [1.807, 2.05) is 33.8 Å². The maximum atomic E-state index is 12.9. The van der Waals surface area contributed by atoms with Gasteiger partial charge in [0.25, 0.3) is 5.91 Å². The Hall–Kier alpha value is -4.16. The van der Waals surface area contributed by atoms with Crippen molar-refractivity contribution in [3.8, 4) is 0 Å². The first-order valence-corrected chi connectivity index (χ1v) is 14.3. The minimum atomic E-state index is -0.527. The second-order valence-electron chi connectivity index (χ2n) is 11.9. The van der Waals surface area contributed by atoms with Crippen molar-refractivity contribution in [3.05, 3.63) is 53.7 Å². The number of allylic oxidation sites excluding steroid dienone is 1. The van der Waals surface area contributed by atoms with E-state index in [0.717, 1.165) is 57.9 Å². The van der Waals surface area contributed by atoms with Crippen molar-refractivity contribution in [1.82, 2.24) is 30.2 Å². The van der Waals surface area contributed by atoms with Gasteiger partial charge in [0.2, 0.25) is 5.95 Å². The van der Waals surface area contributed by atoms with Gasteiger partial charge >= 0.3 is 0 Å². The molecule has 4 N–H and O–H groups in total. The summed E-state index contributed by atoms with van der Waals surface area (Å²) >= 11 is 0. The van der Waals surface area contributed by atoms with Gasteiger partial charge in [0.15, 0.2) is 5.82 Å². The van der Waals surface area contributed by atoms with Crippen LogP contribution >= 0.6 is 0 Å². The lowest BCUT2D eigenvalue weighted by atomic mass is 9.93. The lowest BCUT2D eigenvalue weighted by Crippen LogP contribution is -2.48. The number of anilines is 3. The Bertz CT molecular complexity index is 1490. The first kappa shape index (κ1) is 29.3. The van der Waals surface area contributed by atoms with E-state index in [4.69, 9.17) is 15.1 Å². The summed E-state index contributed by atoms with van der Waals surface area (Å²) in [6.45, 7) is 13.8. The molecule has 1 atom stereocenters. The Balaban J connectivity index is 1.30. The van der Waals surface area contributed by atoms with E-state index >= 15 is 0 Å². The maximum absolute atomic E-state index is 12.9. The van der Waals surface area contributed by atoms with E-state index < -0.39 is 11.3 Å². The molecule has 4 heterocycles. The number of carbonyl (C=O) groups excluding carboxylic acids is 1. The molecule has 2 aliphatic rings. The van der Waals surface area contributed by atoms with Crippen molar-refractivity contribution in [2.24, 2.45) is 11.3 Å². The molecule has 1 unspecified atom stereocenters. The number of aliphatic hydroxyl groups is 1. The van der Waals surface area contributed by atoms with Gasteiger partial charge < -0.3 is 25.4 Å². The highest BCUT2D eigenvalue weighted by molar-refractivity contribution is 6.09. The first-order chi connectivity index (χ1) is 20.1. The second-order valence-corrected chi connectivity index (χ2v) is 11.9. The van der Waals surface area contributed by atoms with Gasteiger partial charge in [-0.2, -0.15) is 0 Å². The molecule has 42 heavy (non-hydrogen) atoms. The molecule has 0 radical (unpaired) electrons. The minimum absolute atomic E-state index is 0.0112. The number of piperazine rings is 1. The predicted molar refractivity (Wildman–Crippen MR) is 163 cm³/mol. The van der Waals surface area contributed by atoms with E-state index in [9.17, 15) is 9.90 Å². The maximum Gasteiger partial charge on any atom is 0.256 e. The van der Waals surface area contributed by atoms with Gasteiger partial charge in [-0.25, -0.2) is 19.9 Å². The third kappa shape index (κ3) is 7.00. The number of ether oxygens (including phenoxy) is 1. The van der Waals surface area contributed by atoms with Crippen LogP contribution in [0.2, 0.25) is 0 Å². The Labute approximate surface area is 245 Å². The number of nitrogens with zero attached hydrogens (tertiary/aromatic N) is 6. The van der Waals surface area contributed by atoms with E-state index in [0.29, 0.717) is 40.0 Å². The molecule has 0 bridgehead atoms. The van der Waals surface area contributed by atoms with Crippen LogP contribution in [0, 0.1) is 23.7 Å². The monoisotopic (exact) mass is 573 g/mol. The average molecular weight is 574 g/mol. The normalized spacial score (nSPS) is 18.3. The molecule has 2 aromatic heterocycles. The van der Waals surface area contributed by atoms with Crippen LogP contribution < -0.4 is 15.5 Å². The molecule has 12 nitrogen and oxygen atoms in total. The van der Waals surface area contributed by atoms with Gasteiger partial charge in [0, 0.05) is 62.1 Å². The van der Waals surface area contributed by atoms with Crippen molar-refractivity contribution in [3.63, 3.8) is 0 Å². The lowest BCUT2D eigenvalue weighted by Gasteiger charge is -2.35. The molecule has 2 fully saturated rings. The SMILES string of the molecule is Cc1ccc(C(=O)NC(=N)/C=C(\O)C(C)(C)C)cc1Nc1ncnc2cnc(N3CCN(CC4CCOC4)CC3)nc12. The van der Waals surface area contributed by atoms with Crippen molar-refractivity contribution >= 4 is 40.2 Å². The highest BCUT2D eigenvalue weighted by Gasteiger charge is 2.24. The van der Waals surface area contributed by atoms with Crippen LogP contribution in [-0.4, -0.2) is 87.6 Å². The zero-order valence-electron chi connectivity index (χ0n) is 24.6. The fourth-order valence-corrected chi connectivity index (χ4v) is 4.92. The fraction of sp³-hybridized carbons (Fsp3) is 0.467. The zero-order valence-corrected chi connectivity index (χ0v) is 24.6. The molecular weight excluding hydrogens is 534 g/mol. The van der Waals surface area contributed by atoms with Crippen molar-refractivity contribution in [2.45, 2.75) is 34.1 Å². The van der Waals surface area contributed by atoms with E-state index in [2.05, 4.69) is 35.4 Å². The molecule has 1 aromatic carbocycles. The first-order valence-electron chi connectivity index (χ1n) is 14.3. The minimum Gasteiger partial charge on any atom is -0.512 e. The Morgan fingerprint density at radius 1 is 1.19 bits per heavy atom. The van der Waals surface area contributed by atoms with Crippen LogP contribution in [0.15, 0.2) is 42.6 Å². The van der Waals surface area contributed by atoms with Crippen LogP contribution in [0.4, 0.5) is 17.5 Å². The fourth-order valence-electron chi connectivity index (χ4n) is 4.92. The molecule has 2 saturated heterocycles. The number of nitrogens with one attached hydrogen (secondary N) is 3. The van der Waals surface area contributed by atoms with Crippen molar-refractivity contribution in [2.75, 3.05) is 56.2 Å². The quantitative estimate of drug-likeness (QED) is 0.186. The highest BCUT2D eigenvalue weighted by Crippen LogP contribution is 2.27. The number of fused-ring (bicyclic) bond motifs is 1. The molecule has 5 rings (SSSR count). The van der Waals surface area contributed by atoms with Gasteiger partial charge in [0.1, 0.15) is 29.0 Å². The van der Waals surface area contributed by atoms with E-state index in [1.165, 1.54) is 12.4 Å². The van der Waals surface area contributed by atoms with Gasteiger partial charge in [-0.15, -0.1) is 0 Å². The highest BCUT2D eigenvalue weighted by atomic mass is 16.5. The number of rotatable bonds is 7. The largest absolute Gasteiger partial charge is 0.512 e. The number of benzene rings is 1. The molecule has 1 amide bonds. The third-order valence-corrected chi connectivity index (χ3v) is 7.61. The Morgan fingerprint density at radius 2 is 1.98 bits per heavy atom. The molecule has 3 aromatic rings. The standard InChI is InChI=1S/C30H39N9O3/c1-19-5-6-21(28(41)36-25(31)14-24(40)30(2,3)4)13-22(19)35-27-26-23(33-18-34-27)15-32-29(37-26)39-10-8-38(9-11-39)16-20-7-12-42-17-20/h5-6,13-15,18,20,40H,7-12,16-17H2,1-4H3,(H2,31,36,41)(H,33,34,35)/b24-14-. The van der Waals surface area contributed by atoms with Gasteiger partial charge in [-0.1, -0.05) is 26.8 Å². The van der Waals surface area contributed by atoms with Crippen molar-refractivity contribution in [1.29, 1.82) is 5.41 Å². The summed E-state index contributed by atoms with van der Waals surface area (Å²) in [4.78, 5) is 35.8. The van der Waals surface area contributed by atoms with Crippen LogP contribution in [0.3, 0.4) is 0 Å². The number of amides is 1. The van der Waals surface area contributed by atoms with Crippen molar-refractivity contribution < 1.29 is 14.6 Å². The summed E-state index contributed by atoms with van der Waals surface area (Å²) in [5, 5.41) is 24.1. The van der Waals surface area contributed by atoms with E-state index in [1.54, 1.807) is 18.3 Å². The molecular formula is C30H39N9O3. The smallest absolute Gasteiger partial charge is 0.256 e. The van der Waals surface area contributed by atoms with E-state index in [-0.39, 0.29) is 11.6 Å². The number of aromatic nitrogens is 4. The molecule has 12 heteroatoms. The number of amidine groups is 1. The Kier molecular flexibility index (Phi) is 8.64. The summed E-state index contributed by atoms with van der Waals surface area (Å²) in [6, 6.07) is 5.22. The predicted octanol–water partition coefficient (Wildman–Crippen LogP) is 3.83. The summed E-state index contributed by atoms with van der Waals surface area (Å²) < 4.78 is 5.53. The molecule has 0 spiro atoms. The van der Waals surface area contributed by atoms with Gasteiger partial charge in [-0.3, -0.25) is 15.1 Å². The van der Waals surface area contributed by atoms with Gasteiger partial charge in [-0.05, 0) is 37.0 Å². The summed E-state index contributed by atoms with van der Waals surface area (Å²) in [5.74, 6) is 1.13. The third-order valence-electron chi connectivity index (χ3n) is 7.61. The summed E-state index contributed by atoms with van der Waals surface area (Å²) in [6.07, 6.45) is 5.57. The molecule has 0 saturated carbocycles. The number of carbonyl (C=O) groups is 1. The number of aryl methyl sites for hydroxylation is 1. The summed E-state index contributed by atoms with van der Waals surface area (Å²) in [5.41, 5.74) is 2.60.